The lowest BCUT2D eigenvalue weighted by Gasteiger charge is -2.01. The molecule has 0 saturated carbocycles. The summed E-state index contributed by atoms with van der Waals surface area (Å²) in [6.45, 7) is 3.43. The first-order valence-electron chi connectivity index (χ1n) is 3.92. The van der Waals surface area contributed by atoms with E-state index in [-0.39, 0.29) is 22.2 Å². The van der Waals surface area contributed by atoms with Crippen LogP contribution < -0.4 is 5.32 Å². The molecule has 0 bridgehead atoms. The first-order chi connectivity index (χ1) is 7.11. The van der Waals surface area contributed by atoms with E-state index < -0.39 is 0 Å². The van der Waals surface area contributed by atoms with Crippen LogP contribution in [0.1, 0.15) is 0 Å². The molecule has 0 spiro atoms. The molecule has 6 heteroatoms. The lowest BCUT2D eigenvalue weighted by molar-refractivity contribution is -0.111. The summed E-state index contributed by atoms with van der Waals surface area (Å²) in [5.41, 5.74) is 0. The fourth-order valence-corrected chi connectivity index (χ4v) is 1.19. The van der Waals surface area contributed by atoms with Crippen LogP contribution in [0, 0.1) is 0 Å². The Hall–Kier alpha value is -1.39. The summed E-state index contributed by atoms with van der Waals surface area (Å²) in [6.07, 6.45) is 4.29. The number of carbonyl (C=O) groups excluding carboxylic acids is 1. The summed E-state index contributed by atoms with van der Waals surface area (Å²) in [4.78, 5) is 18.6. The number of anilines is 1. The molecule has 1 aromatic rings. The lowest BCUT2D eigenvalue weighted by atomic mass is 10.4. The number of rotatable bonds is 3. The van der Waals surface area contributed by atoms with Crippen molar-refractivity contribution < 1.29 is 4.79 Å². The fourth-order valence-electron chi connectivity index (χ4n) is 0.777. The molecular formula is C9H7Cl2N3O. The lowest BCUT2D eigenvalue weighted by Crippen LogP contribution is -2.09. The largest absolute Gasteiger partial charge is 0.307 e. The van der Waals surface area contributed by atoms with E-state index in [0.29, 0.717) is 0 Å². The van der Waals surface area contributed by atoms with Gasteiger partial charge in [0.05, 0.1) is 0 Å². The van der Waals surface area contributed by atoms with Gasteiger partial charge in [-0.1, -0.05) is 30.3 Å². The molecule has 0 unspecified atom stereocenters. The third-order valence-electron chi connectivity index (χ3n) is 1.30. The van der Waals surface area contributed by atoms with Crippen molar-refractivity contribution >= 4 is 34.9 Å². The van der Waals surface area contributed by atoms with E-state index in [2.05, 4.69) is 21.9 Å². The van der Waals surface area contributed by atoms with Crippen molar-refractivity contribution in [2.75, 3.05) is 5.32 Å². The highest BCUT2D eigenvalue weighted by atomic mass is 35.5. The number of hydrogen-bond acceptors (Lipinski definition) is 3. The smallest absolute Gasteiger partial charge is 0.249 e. The second-order valence-electron chi connectivity index (χ2n) is 2.43. The molecule has 1 heterocycles. The van der Waals surface area contributed by atoms with E-state index >= 15 is 0 Å². The average molecular weight is 244 g/mol. The van der Waals surface area contributed by atoms with Crippen LogP contribution in [-0.4, -0.2) is 15.9 Å². The van der Waals surface area contributed by atoms with E-state index in [1.165, 1.54) is 24.3 Å². The van der Waals surface area contributed by atoms with Crippen molar-refractivity contribution in [2.45, 2.75) is 0 Å². The SMILES string of the molecule is C=CC=CC(=O)Nc1cc(Cl)nc(Cl)n1. The molecule has 0 aliphatic carbocycles. The molecule has 4 nitrogen and oxygen atoms in total. The average Bonchev–Trinajstić information content (AvgIpc) is 2.13. The number of nitrogens with zero attached hydrogens (tertiary/aromatic N) is 2. The molecule has 1 N–H and O–H groups in total. The van der Waals surface area contributed by atoms with Crippen molar-refractivity contribution in [2.24, 2.45) is 0 Å². The zero-order valence-electron chi connectivity index (χ0n) is 7.58. The molecule has 1 rings (SSSR count). The molecule has 0 atom stereocenters. The topological polar surface area (TPSA) is 54.9 Å². The number of carbonyl (C=O) groups is 1. The Morgan fingerprint density at radius 2 is 2.20 bits per heavy atom. The number of aromatic nitrogens is 2. The number of amides is 1. The van der Waals surface area contributed by atoms with Crippen LogP contribution >= 0.6 is 23.2 Å². The summed E-state index contributed by atoms with van der Waals surface area (Å²) in [6, 6.07) is 1.40. The van der Waals surface area contributed by atoms with Gasteiger partial charge in [-0.2, -0.15) is 0 Å². The molecule has 0 aliphatic rings. The molecule has 78 valence electrons. The molecule has 15 heavy (non-hydrogen) atoms. The summed E-state index contributed by atoms with van der Waals surface area (Å²) in [5, 5.41) is 2.61. The van der Waals surface area contributed by atoms with E-state index in [4.69, 9.17) is 23.2 Å². The van der Waals surface area contributed by atoms with Gasteiger partial charge < -0.3 is 5.32 Å². The van der Waals surface area contributed by atoms with Crippen LogP contribution in [0.25, 0.3) is 0 Å². The van der Waals surface area contributed by atoms with E-state index in [1.807, 2.05) is 0 Å². The number of allylic oxidation sites excluding steroid dienone is 2. The fraction of sp³-hybridized carbons (Fsp3) is 0. The molecule has 0 saturated heterocycles. The van der Waals surface area contributed by atoms with Crippen molar-refractivity contribution in [3.8, 4) is 0 Å². The first-order valence-corrected chi connectivity index (χ1v) is 4.67. The van der Waals surface area contributed by atoms with Crippen LogP contribution in [0.2, 0.25) is 10.4 Å². The zero-order valence-corrected chi connectivity index (χ0v) is 9.09. The van der Waals surface area contributed by atoms with Crippen molar-refractivity contribution in [1.29, 1.82) is 0 Å². The summed E-state index contributed by atoms with van der Waals surface area (Å²) < 4.78 is 0. The quantitative estimate of drug-likeness (QED) is 0.384. The predicted molar refractivity (Wildman–Crippen MR) is 60.0 cm³/mol. The van der Waals surface area contributed by atoms with Crippen molar-refractivity contribution in [3.05, 3.63) is 41.3 Å². The van der Waals surface area contributed by atoms with Gasteiger partial charge in [0.1, 0.15) is 11.0 Å². The first kappa shape index (κ1) is 11.7. The van der Waals surface area contributed by atoms with Gasteiger partial charge in [-0.05, 0) is 11.6 Å². The maximum Gasteiger partial charge on any atom is 0.249 e. The van der Waals surface area contributed by atoms with Gasteiger partial charge in [0, 0.05) is 12.1 Å². The standard InChI is InChI=1S/C9H7Cl2N3O/c1-2-3-4-8(15)13-7-5-6(10)12-9(11)14-7/h2-5H,1H2,(H,12,13,14,15). The highest BCUT2D eigenvalue weighted by molar-refractivity contribution is 6.32. The van der Waals surface area contributed by atoms with Gasteiger partial charge in [-0.3, -0.25) is 4.79 Å². The van der Waals surface area contributed by atoms with Crippen LogP contribution in [0.5, 0.6) is 0 Å². The maximum atomic E-state index is 11.2. The van der Waals surface area contributed by atoms with Gasteiger partial charge in [-0.25, -0.2) is 9.97 Å². The Balaban J connectivity index is 2.76. The molecular weight excluding hydrogens is 237 g/mol. The molecule has 0 aliphatic heterocycles. The Morgan fingerprint density at radius 1 is 1.47 bits per heavy atom. The van der Waals surface area contributed by atoms with Crippen LogP contribution in [0.15, 0.2) is 30.9 Å². The molecule has 0 fully saturated rings. The molecule has 1 aromatic heterocycles. The molecule has 1 amide bonds. The third kappa shape index (κ3) is 4.10. The van der Waals surface area contributed by atoms with Gasteiger partial charge in [0.15, 0.2) is 0 Å². The minimum atomic E-state index is -0.347. The minimum absolute atomic E-state index is 0.0227. The van der Waals surface area contributed by atoms with E-state index in [1.54, 1.807) is 0 Å². The Labute approximate surface area is 96.6 Å². The monoisotopic (exact) mass is 243 g/mol. The zero-order chi connectivity index (χ0) is 11.3. The normalized spacial score (nSPS) is 10.3. The van der Waals surface area contributed by atoms with Crippen LogP contribution in [0.3, 0.4) is 0 Å². The third-order valence-corrected chi connectivity index (χ3v) is 1.67. The predicted octanol–water partition coefficient (Wildman–Crippen LogP) is 2.46. The summed E-state index contributed by atoms with van der Waals surface area (Å²) in [5.74, 6) is -0.0977. The molecule has 0 aromatic carbocycles. The van der Waals surface area contributed by atoms with Crippen molar-refractivity contribution in [3.63, 3.8) is 0 Å². The number of halogens is 2. The van der Waals surface area contributed by atoms with Gasteiger partial charge in [0.2, 0.25) is 11.2 Å². The number of nitrogens with one attached hydrogen (secondary N) is 1. The Bertz CT molecular complexity index is 398. The number of hydrogen-bond donors (Lipinski definition) is 1. The van der Waals surface area contributed by atoms with E-state index in [0.717, 1.165) is 0 Å². The van der Waals surface area contributed by atoms with Gasteiger partial charge in [0.25, 0.3) is 0 Å². The minimum Gasteiger partial charge on any atom is -0.307 e. The Morgan fingerprint density at radius 3 is 2.80 bits per heavy atom. The van der Waals surface area contributed by atoms with E-state index in [9.17, 15) is 4.79 Å². The van der Waals surface area contributed by atoms with Crippen LogP contribution in [-0.2, 0) is 4.79 Å². The van der Waals surface area contributed by atoms with Crippen LogP contribution in [0.4, 0.5) is 5.82 Å². The highest BCUT2D eigenvalue weighted by Gasteiger charge is 2.03. The summed E-state index contributed by atoms with van der Waals surface area (Å²) >= 11 is 11.2. The highest BCUT2D eigenvalue weighted by Crippen LogP contribution is 2.14. The summed E-state index contributed by atoms with van der Waals surface area (Å²) in [7, 11) is 0. The molecule has 0 radical (unpaired) electrons. The van der Waals surface area contributed by atoms with Gasteiger partial charge in [-0.15, -0.1) is 0 Å². The van der Waals surface area contributed by atoms with Gasteiger partial charge >= 0.3 is 0 Å². The Kier molecular flexibility index (Phi) is 4.27. The maximum absolute atomic E-state index is 11.2. The second kappa shape index (κ2) is 5.48. The second-order valence-corrected chi connectivity index (χ2v) is 3.15. The van der Waals surface area contributed by atoms with Crippen molar-refractivity contribution in [1.82, 2.24) is 9.97 Å².